The fraction of sp³-hybridized carbons (Fsp3) is 1.00. The lowest BCUT2D eigenvalue weighted by Gasteiger charge is -1.48. The standard InChI is InChI=1S/CH5N3/c1-3-4-2/h1H3,(H2,2,3)/p+1. The van der Waals surface area contributed by atoms with E-state index in [1.54, 1.807) is 7.05 Å². The van der Waals surface area contributed by atoms with Gasteiger partial charge in [-0.1, -0.05) is 0 Å². The molecule has 0 aromatic carbocycles. The summed E-state index contributed by atoms with van der Waals surface area (Å²) in [6.07, 6.45) is 0. The van der Waals surface area contributed by atoms with Crippen LogP contribution < -0.4 is 11.0 Å². The third kappa shape index (κ3) is 1.40. The van der Waals surface area contributed by atoms with Crippen LogP contribution >= 0.6 is 0 Å². The second-order valence-corrected chi connectivity index (χ2v) is 0.353. The van der Waals surface area contributed by atoms with Gasteiger partial charge in [0.2, 0.25) is 0 Å². The van der Waals surface area contributed by atoms with Crippen LogP contribution in [0.3, 0.4) is 0 Å². The minimum atomic E-state index is 1.64. The minimum Gasteiger partial charge on any atom is -0.197 e. The van der Waals surface area contributed by atoms with Crippen LogP contribution in [-0.4, -0.2) is 7.05 Å². The van der Waals surface area contributed by atoms with Crippen molar-refractivity contribution >= 4 is 0 Å². The van der Waals surface area contributed by atoms with E-state index in [4.69, 9.17) is 0 Å². The number of nitrogens with zero attached hydrogens (tertiary/aromatic N) is 1. The Hall–Kier alpha value is -0.600. The number of hydrogen-bond acceptors (Lipinski definition) is 1. The zero-order valence-corrected chi connectivity index (χ0v) is 2.52. The Kier molecular flexibility index (Phi) is 2.04. The van der Waals surface area contributed by atoms with E-state index in [0.717, 1.165) is 0 Å². The van der Waals surface area contributed by atoms with Crippen molar-refractivity contribution in [2.75, 3.05) is 7.05 Å². The predicted molar refractivity (Wildman–Crippen MR) is 13.5 cm³/mol. The van der Waals surface area contributed by atoms with E-state index in [1.807, 2.05) is 0 Å². The van der Waals surface area contributed by atoms with Crippen molar-refractivity contribution in [3.63, 3.8) is 0 Å². The van der Waals surface area contributed by atoms with E-state index >= 15 is 0 Å². The molecule has 3 heteroatoms. The number of nitrogens with one attached hydrogen (secondary N) is 1. The van der Waals surface area contributed by atoms with Gasteiger partial charge in [0.25, 0.3) is 0 Å². The summed E-state index contributed by atoms with van der Waals surface area (Å²) in [6.45, 7) is 0. The summed E-state index contributed by atoms with van der Waals surface area (Å²) in [6, 6.07) is 0. The van der Waals surface area contributed by atoms with Crippen LogP contribution in [-0.2, 0) is 0 Å². The van der Waals surface area contributed by atoms with Gasteiger partial charge in [-0.25, -0.2) is 0 Å². The Morgan fingerprint density at radius 2 is 2.25 bits per heavy atom. The summed E-state index contributed by atoms with van der Waals surface area (Å²) in [5.74, 6) is 4.54. The van der Waals surface area contributed by atoms with Gasteiger partial charge in [-0.05, 0) is 0 Å². The molecule has 0 aliphatic rings. The first kappa shape index (κ1) is 3.40. The lowest BCUT2D eigenvalue weighted by molar-refractivity contribution is -0.502. The summed E-state index contributed by atoms with van der Waals surface area (Å²) in [5, 5.41) is 5.32. The van der Waals surface area contributed by atoms with E-state index in [2.05, 4.69) is 16.2 Å². The van der Waals surface area contributed by atoms with Crippen LogP contribution in [0.5, 0.6) is 0 Å². The van der Waals surface area contributed by atoms with E-state index < -0.39 is 0 Å². The Balaban J connectivity index is 2.55. The van der Waals surface area contributed by atoms with E-state index in [9.17, 15) is 0 Å². The summed E-state index contributed by atoms with van der Waals surface area (Å²) in [7, 11) is 1.64. The molecule has 0 saturated carbocycles. The molecule has 0 saturated heterocycles. The zero-order valence-electron chi connectivity index (χ0n) is 2.52. The van der Waals surface area contributed by atoms with Gasteiger partial charge in [0.15, 0.2) is 0 Å². The van der Waals surface area contributed by atoms with Gasteiger partial charge in [-0.3, -0.25) is 0 Å². The minimum absolute atomic E-state index is 1.64. The first-order valence-corrected chi connectivity index (χ1v) is 0.982. The van der Waals surface area contributed by atoms with E-state index in [0.29, 0.717) is 0 Å². The second kappa shape index (κ2) is 2.40. The molecular formula is CH6N3+. The average molecular weight is 60.1 g/mol. The molecule has 0 amide bonds. The van der Waals surface area contributed by atoms with Gasteiger partial charge in [0.05, 0.1) is 12.3 Å². The SMILES string of the molecule is C[NH+]=NN. The molecule has 0 radical (unpaired) electrons. The average Bonchev–Trinajstić information content (AvgIpc) is 1.37. The molecule has 0 unspecified atom stereocenters. The van der Waals surface area contributed by atoms with Gasteiger partial charge in [0, 0.05) is 0 Å². The Bertz CT molecular complexity index is 18.5. The molecule has 0 aromatic rings. The fourth-order valence-electron chi connectivity index (χ4n) is 0. The molecule has 0 rings (SSSR count). The molecular weight excluding hydrogens is 54.0 g/mol. The Morgan fingerprint density at radius 1 is 2.00 bits per heavy atom. The molecule has 0 aliphatic heterocycles. The van der Waals surface area contributed by atoms with Gasteiger partial charge in [-0.15, -0.1) is 0 Å². The highest BCUT2D eigenvalue weighted by Crippen LogP contribution is 0.942. The molecule has 3 N–H and O–H groups in total. The molecule has 0 heterocycles. The van der Waals surface area contributed by atoms with Crippen molar-refractivity contribution in [3.05, 3.63) is 0 Å². The lowest BCUT2D eigenvalue weighted by atomic mass is 11.6. The molecule has 0 bridgehead atoms. The maximum atomic E-state index is 4.54. The number of hydrogen-bond donors (Lipinski definition) is 2. The van der Waals surface area contributed by atoms with Gasteiger partial charge in [-0.2, -0.15) is 11.0 Å². The van der Waals surface area contributed by atoms with Crippen molar-refractivity contribution < 1.29 is 5.11 Å². The second-order valence-electron chi connectivity index (χ2n) is 0.353. The van der Waals surface area contributed by atoms with Crippen LogP contribution in [0.25, 0.3) is 0 Å². The van der Waals surface area contributed by atoms with Crippen LogP contribution in [0.4, 0.5) is 0 Å². The van der Waals surface area contributed by atoms with Crippen LogP contribution in [0.2, 0.25) is 0 Å². The largest absolute Gasteiger partial charge is 0.197 e. The molecule has 3 nitrogen and oxygen atoms in total. The van der Waals surface area contributed by atoms with Crippen molar-refractivity contribution in [1.82, 2.24) is 0 Å². The van der Waals surface area contributed by atoms with Crippen molar-refractivity contribution in [3.8, 4) is 0 Å². The first-order valence-electron chi connectivity index (χ1n) is 0.982. The first-order chi connectivity index (χ1) is 1.91. The normalized spacial score (nSPS) is 9.25. The fourth-order valence-corrected chi connectivity index (χ4v) is 0. The quantitative estimate of drug-likeness (QED) is 0.190. The zero-order chi connectivity index (χ0) is 3.41. The highest BCUT2D eigenvalue weighted by atomic mass is 15.3. The monoisotopic (exact) mass is 60.1 g/mol. The van der Waals surface area contributed by atoms with Gasteiger partial charge >= 0.3 is 0 Å². The van der Waals surface area contributed by atoms with Crippen LogP contribution in [0.15, 0.2) is 5.22 Å². The topological polar surface area (TPSA) is 52.3 Å². The molecule has 24 valence electrons. The van der Waals surface area contributed by atoms with Crippen LogP contribution in [0.1, 0.15) is 0 Å². The van der Waals surface area contributed by atoms with Crippen LogP contribution in [0, 0.1) is 0 Å². The number of rotatable bonds is 0. The third-order valence-electron chi connectivity index (χ3n) is 0.129. The maximum absolute atomic E-state index is 4.54. The van der Waals surface area contributed by atoms with Crippen molar-refractivity contribution in [2.24, 2.45) is 11.1 Å². The lowest BCUT2D eigenvalue weighted by Crippen LogP contribution is -2.60. The highest BCUT2D eigenvalue weighted by molar-refractivity contribution is 3.48. The van der Waals surface area contributed by atoms with Gasteiger partial charge < -0.3 is 0 Å². The molecule has 0 spiro atoms. The molecule has 0 fully saturated rings. The summed E-state index contributed by atoms with van der Waals surface area (Å²) >= 11 is 0. The Morgan fingerprint density at radius 3 is 2.25 bits per heavy atom. The highest BCUT2D eigenvalue weighted by Gasteiger charge is 1.37. The van der Waals surface area contributed by atoms with Crippen molar-refractivity contribution in [2.45, 2.75) is 0 Å². The van der Waals surface area contributed by atoms with Gasteiger partial charge in [0.1, 0.15) is 0 Å². The smallest absolute Gasteiger partial charge is 0.0940 e. The molecule has 0 aliphatic carbocycles. The molecule has 4 heavy (non-hydrogen) atoms. The van der Waals surface area contributed by atoms with E-state index in [-0.39, 0.29) is 0 Å². The number of nitrogens with two attached hydrogens (primary N) is 1. The Labute approximate surface area is 24.5 Å². The predicted octanol–water partition coefficient (Wildman–Crippen LogP) is -1.98. The third-order valence-corrected chi connectivity index (χ3v) is 0.129. The molecule has 0 aromatic heterocycles. The molecule has 0 atom stereocenters. The maximum Gasteiger partial charge on any atom is 0.0940 e. The summed E-state index contributed by atoms with van der Waals surface area (Å²) < 4.78 is 0. The van der Waals surface area contributed by atoms with Crippen molar-refractivity contribution in [1.29, 1.82) is 0 Å². The summed E-state index contributed by atoms with van der Waals surface area (Å²) in [4.78, 5) is 0. The summed E-state index contributed by atoms with van der Waals surface area (Å²) in [5.41, 5.74) is 0. The van der Waals surface area contributed by atoms with E-state index in [1.165, 1.54) is 0 Å².